The Morgan fingerprint density at radius 2 is 2.07 bits per heavy atom. The highest BCUT2D eigenvalue weighted by molar-refractivity contribution is 5.24. The van der Waals surface area contributed by atoms with Crippen LogP contribution in [0.15, 0.2) is 24.3 Å². The van der Waals surface area contributed by atoms with Gasteiger partial charge in [-0.05, 0) is 35.4 Å². The Morgan fingerprint density at radius 1 is 1.36 bits per heavy atom. The highest BCUT2D eigenvalue weighted by atomic mass is 19.1. The van der Waals surface area contributed by atoms with Crippen LogP contribution in [0.4, 0.5) is 4.39 Å². The van der Waals surface area contributed by atoms with Gasteiger partial charge in [-0.25, -0.2) is 4.39 Å². The topological polar surface area (TPSA) is 9.23 Å². The molecule has 1 aliphatic heterocycles. The van der Waals surface area contributed by atoms with Gasteiger partial charge in [0, 0.05) is 0 Å². The molecule has 3 atom stereocenters. The molecule has 1 nitrogen and oxygen atoms in total. The van der Waals surface area contributed by atoms with Crippen molar-refractivity contribution >= 4 is 0 Å². The van der Waals surface area contributed by atoms with Crippen LogP contribution in [0, 0.1) is 17.2 Å². The van der Waals surface area contributed by atoms with Crippen molar-refractivity contribution in [2.24, 2.45) is 11.3 Å². The van der Waals surface area contributed by atoms with E-state index in [-0.39, 0.29) is 11.9 Å². The van der Waals surface area contributed by atoms with Crippen LogP contribution in [0.25, 0.3) is 0 Å². The lowest BCUT2D eigenvalue weighted by Gasteiger charge is -2.12. The van der Waals surface area contributed by atoms with Crippen molar-refractivity contribution in [2.45, 2.75) is 19.4 Å². The Hall–Kier alpha value is -0.890. The van der Waals surface area contributed by atoms with Gasteiger partial charge in [0.25, 0.3) is 0 Å². The zero-order valence-corrected chi connectivity index (χ0v) is 8.16. The lowest BCUT2D eigenvalue weighted by Crippen LogP contribution is -2.01. The molecule has 0 spiro atoms. The number of benzene rings is 1. The average molecular weight is 192 g/mol. The van der Waals surface area contributed by atoms with Gasteiger partial charge in [-0.2, -0.15) is 0 Å². The van der Waals surface area contributed by atoms with E-state index in [9.17, 15) is 4.39 Å². The molecule has 0 bridgehead atoms. The van der Waals surface area contributed by atoms with E-state index >= 15 is 0 Å². The van der Waals surface area contributed by atoms with Gasteiger partial charge in [0.2, 0.25) is 0 Å². The van der Waals surface area contributed by atoms with Gasteiger partial charge in [-0.15, -0.1) is 0 Å². The molecule has 0 unspecified atom stereocenters. The zero-order chi connectivity index (χ0) is 9.76. The molecule has 0 N–H and O–H groups in total. The van der Waals surface area contributed by atoms with E-state index in [1.165, 1.54) is 18.6 Å². The third-order valence-corrected chi connectivity index (χ3v) is 3.58. The number of ether oxygens (including phenoxy) is 1. The van der Waals surface area contributed by atoms with Crippen molar-refractivity contribution in [2.75, 3.05) is 6.61 Å². The summed E-state index contributed by atoms with van der Waals surface area (Å²) >= 11 is 0. The maximum absolute atomic E-state index is 12.7. The van der Waals surface area contributed by atoms with Gasteiger partial charge in [0.05, 0.1) is 12.7 Å². The first-order valence-electron chi connectivity index (χ1n) is 5.06. The van der Waals surface area contributed by atoms with E-state index < -0.39 is 0 Å². The Bertz CT molecular complexity index is 359. The Morgan fingerprint density at radius 3 is 2.57 bits per heavy atom. The zero-order valence-electron chi connectivity index (χ0n) is 8.16. The first-order valence-corrected chi connectivity index (χ1v) is 5.06. The summed E-state index contributed by atoms with van der Waals surface area (Å²) in [5, 5.41) is 0. The Labute approximate surface area is 82.9 Å². The average Bonchev–Trinajstić information content (AvgIpc) is 2.73. The van der Waals surface area contributed by atoms with Gasteiger partial charge in [-0.3, -0.25) is 0 Å². The molecule has 1 saturated heterocycles. The van der Waals surface area contributed by atoms with E-state index in [0.29, 0.717) is 11.3 Å². The summed E-state index contributed by atoms with van der Waals surface area (Å²) in [6.07, 6.45) is 1.47. The lowest BCUT2D eigenvalue weighted by atomic mass is 10.0. The van der Waals surface area contributed by atoms with Crippen molar-refractivity contribution < 1.29 is 9.13 Å². The van der Waals surface area contributed by atoms with Gasteiger partial charge in [0.1, 0.15) is 5.82 Å². The number of hydrogen-bond donors (Lipinski definition) is 0. The second-order valence-electron chi connectivity index (χ2n) is 4.75. The molecule has 14 heavy (non-hydrogen) atoms. The van der Waals surface area contributed by atoms with Crippen molar-refractivity contribution in [3.63, 3.8) is 0 Å². The van der Waals surface area contributed by atoms with Gasteiger partial charge in [0.15, 0.2) is 0 Å². The molecule has 2 fully saturated rings. The van der Waals surface area contributed by atoms with Crippen LogP contribution in [0.5, 0.6) is 0 Å². The molecule has 1 aromatic rings. The fourth-order valence-corrected chi connectivity index (χ4v) is 2.46. The highest BCUT2D eigenvalue weighted by Crippen LogP contribution is 2.64. The van der Waals surface area contributed by atoms with Crippen molar-refractivity contribution in [1.82, 2.24) is 0 Å². The summed E-state index contributed by atoms with van der Waals surface area (Å²) < 4.78 is 18.4. The van der Waals surface area contributed by atoms with E-state index in [1.807, 2.05) is 12.1 Å². The number of rotatable bonds is 1. The Kier molecular flexibility index (Phi) is 1.55. The highest BCUT2D eigenvalue weighted by Gasteiger charge is 2.59. The van der Waals surface area contributed by atoms with Crippen molar-refractivity contribution in [3.05, 3.63) is 35.6 Å². The van der Waals surface area contributed by atoms with Crippen LogP contribution in [-0.4, -0.2) is 6.61 Å². The number of fused-ring (bicyclic) bond motifs is 1. The first kappa shape index (κ1) is 8.42. The summed E-state index contributed by atoms with van der Waals surface area (Å²) in [5.41, 5.74) is 1.54. The van der Waals surface area contributed by atoms with Crippen molar-refractivity contribution in [1.29, 1.82) is 0 Å². The molecular weight excluding hydrogens is 179 g/mol. The van der Waals surface area contributed by atoms with E-state index in [1.54, 1.807) is 0 Å². The summed E-state index contributed by atoms with van der Waals surface area (Å²) in [6.45, 7) is 3.13. The predicted octanol–water partition coefficient (Wildman–Crippen LogP) is 2.92. The molecule has 0 radical (unpaired) electrons. The van der Waals surface area contributed by atoms with Crippen LogP contribution in [-0.2, 0) is 4.74 Å². The van der Waals surface area contributed by atoms with Crippen LogP contribution in [0.1, 0.15) is 25.0 Å². The maximum Gasteiger partial charge on any atom is 0.123 e. The van der Waals surface area contributed by atoms with Gasteiger partial charge < -0.3 is 4.74 Å². The molecule has 3 rings (SSSR count). The molecule has 0 aromatic heterocycles. The summed E-state index contributed by atoms with van der Waals surface area (Å²) in [7, 11) is 0. The van der Waals surface area contributed by atoms with Gasteiger partial charge >= 0.3 is 0 Å². The molecule has 1 aromatic carbocycles. The SMILES string of the molecule is C[C@@]12CO[C@H](c3ccc(F)cc3)[C@@H]1C2. The third kappa shape index (κ3) is 1.10. The van der Waals surface area contributed by atoms with Crippen LogP contribution < -0.4 is 0 Å². The molecule has 1 saturated carbocycles. The van der Waals surface area contributed by atoms with Crippen LogP contribution >= 0.6 is 0 Å². The number of hydrogen-bond acceptors (Lipinski definition) is 1. The van der Waals surface area contributed by atoms with Gasteiger partial charge in [-0.1, -0.05) is 19.1 Å². The van der Waals surface area contributed by atoms with Crippen LogP contribution in [0.2, 0.25) is 0 Å². The Balaban J connectivity index is 1.87. The maximum atomic E-state index is 12.7. The summed E-state index contributed by atoms with van der Waals surface area (Å²) in [4.78, 5) is 0. The minimum atomic E-state index is -0.176. The second kappa shape index (κ2) is 2.57. The molecule has 1 aliphatic carbocycles. The quantitative estimate of drug-likeness (QED) is 0.664. The molecule has 2 heteroatoms. The smallest absolute Gasteiger partial charge is 0.123 e. The van der Waals surface area contributed by atoms with E-state index in [2.05, 4.69) is 6.92 Å². The first-order chi connectivity index (χ1) is 6.69. The fraction of sp³-hybridized carbons (Fsp3) is 0.500. The van der Waals surface area contributed by atoms with Crippen molar-refractivity contribution in [3.8, 4) is 0 Å². The van der Waals surface area contributed by atoms with E-state index in [0.717, 1.165) is 12.2 Å². The predicted molar refractivity (Wildman–Crippen MR) is 51.3 cm³/mol. The minimum absolute atomic E-state index is 0.176. The second-order valence-corrected chi connectivity index (χ2v) is 4.75. The monoisotopic (exact) mass is 192 g/mol. The molecular formula is C12H13FO. The number of halogens is 1. The minimum Gasteiger partial charge on any atom is -0.373 e. The van der Waals surface area contributed by atoms with Crippen LogP contribution in [0.3, 0.4) is 0 Å². The molecule has 74 valence electrons. The third-order valence-electron chi connectivity index (χ3n) is 3.58. The summed E-state index contributed by atoms with van der Waals surface area (Å²) in [5.74, 6) is 0.485. The fourth-order valence-electron chi connectivity index (χ4n) is 2.46. The lowest BCUT2D eigenvalue weighted by molar-refractivity contribution is 0.0724. The molecule has 0 amide bonds. The standard InChI is InChI=1S/C12H13FO/c1-12-6-10(12)11(14-7-12)8-2-4-9(13)5-3-8/h2-5,10-11H,6-7H2,1H3/t10-,11+,12+/m0/s1. The van der Waals surface area contributed by atoms with E-state index in [4.69, 9.17) is 4.74 Å². The molecule has 1 heterocycles. The molecule has 2 aliphatic rings. The summed E-state index contributed by atoms with van der Waals surface area (Å²) in [6, 6.07) is 6.70. The normalized spacial score (nSPS) is 39.6. The largest absolute Gasteiger partial charge is 0.373 e.